The number of benzene rings is 1. The average molecular weight is 222 g/mol. The van der Waals surface area contributed by atoms with Crippen LogP contribution in [0.5, 0.6) is 5.75 Å². The molecule has 0 saturated heterocycles. The van der Waals surface area contributed by atoms with E-state index in [2.05, 4.69) is 0 Å². The van der Waals surface area contributed by atoms with Gasteiger partial charge in [-0.15, -0.1) is 0 Å². The fourth-order valence-corrected chi connectivity index (χ4v) is 1.51. The average Bonchev–Trinajstić information content (AvgIpc) is 2.29. The largest absolute Gasteiger partial charge is 0.494 e. The maximum absolute atomic E-state index is 12.4. The molecule has 0 amide bonds. The lowest BCUT2D eigenvalue weighted by molar-refractivity contribution is 0.339. The summed E-state index contributed by atoms with van der Waals surface area (Å²) in [6.45, 7) is 1.60. The van der Waals surface area contributed by atoms with E-state index >= 15 is 0 Å². The first-order valence-corrected chi connectivity index (χ1v) is 5.00. The molecule has 0 saturated carbocycles. The van der Waals surface area contributed by atoms with E-state index in [9.17, 15) is 9.18 Å². The zero-order valence-electron chi connectivity index (χ0n) is 8.83. The molecule has 2 rings (SSSR count). The van der Waals surface area contributed by atoms with Crippen molar-refractivity contribution in [2.75, 3.05) is 6.61 Å². The highest BCUT2D eigenvalue weighted by Crippen LogP contribution is 2.19. The number of hydrogen-bond donors (Lipinski definition) is 0. The van der Waals surface area contributed by atoms with E-state index in [1.165, 1.54) is 6.07 Å². The summed E-state index contributed by atoms with van der Waals surface area (Å²) in [5, 5.41) is 0.431. The summed E-state index contributed by atoms with van der Waals surface area (Å²) in [6, 6.07) is 6.08. The summed E-state index contributed by atoms with van der Waals surface area (Å²) < 4.78 is 22.9. The highest BCUT2D eigenvalue weighted by atomic mass is 19.1. The summed E-state index contributed by atoms with van der Waals surface area (Å²) in [5.41, 5.74) is 0.114. The fraction of sp³-hybridized carbons (Fsp3) is 0.250. The zero-order chi connectivity index (χ0) is 11.5. The van der Waals surface area contributed by atoms with E-state index in [1.807, 2.05) is 6.92 Å². The van der Waals surface area contributed by atoms with Gasteiger partial charge in [0.25, 0.3) is 0 Å². The van der Waals surface area contributed by atoms with Crippen LogP contribution in [0.3, 0.4) is 0 Å². The van der Waals surface area contributed by atoms with Gasteiger partial charge in [0.15, 0.2) is 5.43 Å². The van der Waals surface area contributed by atoms with Gasteiger partial charge in [-0.05, 0) is 19.1 Å². The van der Waals surface area contributed by atoms with Gasteiger partial charge in [0.2, 0.25) is 0 Å². The Kier molecular flexibility index (Phi) is 2.90. The highest BCUT2D eigenvalue weighted by Gasteiger charge is 2.05. The van der Waals surface area contributed by atoms with Crippen LogP contribution >= 0.6 is 0 Å². The lowest BCUT2D eigenvalue weighted by Gasteiger charge is -2.04. The second-order valence-electron chi connectivity index (χ2n) is 3.30. The number of rotatable bonds is 3. The Morgan fingerprint density at radius 2 is 2.19 bits per heavy atom. The monoisotopic (exact) mass is 222 g/mol. The number of hydrogen-bond acceptors (Lipinski definition) is 3. The van der Waals surface area contributed by atoms with Crippen LogP contribution < -0.4 is 10.2 Å². The molecule has 16 heavy (non-hydrogen) atoms. The van der Waals surface area contributed by atoms with E-state index in [4.69, 9.17) is 9.15 Å². The van der Waals surface area contributed by atoms with Crippen molar-refractivity contribution in [3.8, 4) is 5.75 Å². The Morgan fingerprint density at radius 1 is 1.38 bits per heavy atom. The Bertz CT molecular complexity index is 560. The van der Waals surface area contributed by atoms with Crippen molar-refractivity contribution in [2.24, 2.45) is 0 Å². The van der Waals surface area contributed by atoms with Crippen molar-refractivity contribution in [3.05, 3.63) is 40.2 Å². The molecule has 0 fully saturated rings. The van der Waals surface area contributed by atoms with Gasteiger partial charge in [-0.3, -0.25) is 4.79 Å². The molecular formula is C12H11FO3. The van der Waals surface area contributed by atoms with Crippen molar-refractivity contribution in [2.45, 2.75) is 13.6 Å². The van der Waals surface area contributed by atoms with Crippen LogP contribution in [0.1, 0.15) is 12.7 Å². The van der Waals surface area contributed by atoms with Crippen molar-refractivity contribution in [3.63, 3.8) is 0 Å². The van der Waals surface area contributed by atoms with Gasteiger partial charge >= 0.3 is 0 Å². The van der Waals surface area contributed by atoms with Gasteiger partial charge in [0.1, 0.15) is 23.8 Å². The SMILES string of the molecule is CCOc1ccc2c(=O)cc(CF)oc2c1. The van der Waals surface area contributed by atoms with Crippen LogP contribution in [0.4, 0.5) is 4.39 Å². The molecular weight excluding hydrogens is 211 g/mol. The normalized spacial score (nSPS) is 10.6. The summed E-state index contributed by atoms with van der Waals surface area (Å²) in [7, 11) is 0. The number of halogens is 1. The first kappa shape index (κ1) is 10.7. The molecule has 0 aliphatic carbocycles. The molecule has 0 spiro atoms. The smallest absolute Gasteiger partial charge is 0.193 e. The molecule has 0 unspecified atom stereocenters. The minimum absolute atomic E-state index is 0.0335. The number of alkyl halides is 1. The highest BCUT2D eigenvalue weighted by molar-refractivity contribution is 5.77. The van der Waals surface area contributed by atoms with Gasteiger partial charge in [-0.2, -0.15) is 0 Å². The van der Waals surface area contributed by atoms with Gasteiger partial charge in [-0.1, -0.05) is 0 Å². The predicted octanol–water partition coefficient (Wildman–Crippen LogP) is 2.66. The molecule has 1 aromatic heterocycles. The number of fused-ring (bicyclic) bond motifs is 1. The Balaban J connectivity index is 2.62. The van der Waals surface area contributed by atoms with Gasteiger partial charge in [0.05, 0.1) is 12.0 Å². The lowest BCUT2D eigenvalue weighted by Crippen LogP contribution is -2.01. The van der Waals surface area contributed by atoms with Crippen LogP contribution in [-0.4, -0.2) is 6.61 Å². The lowest BCUT2D eigenvalue weighted by atomic mass is 10.2. The Morgan fingerprint density at radius 3 is 2.88 bits per heavy atom. The molecule has 2 aromatic rings. The third kappa shape index (κ3) is 1.91. The summed E-state index contributed by atoms with van der Waals surface area (Å²) in [6.07, 6.45) is 0. The van der Waals surface area contributed by atoms with E-state index in [-0.39, 0.29) is 11.2 Å². The molecule has 0 atom stereocenters. The van der Waals surface area contributed by atoms with Crippen molar-refractivity contribution < 1.29 is 13.5 Å². The van der Waals surface area contributed by atoms with Gasteiger partial charge in [0, 0.05) is 12.1 Å². The summed E-state index contributed by atoms with van der Waals surface area (Å²) in [5.74, 6) is 0.639. The van der Waals surface area contributed by atoms with Crippen LogP contribution in [0.15, 0.2) is 33.5 Å². The maximum atomic E-state index is 12.4. The predicted molar refractivity (Wildman–Crippen MR) is 58.5 cm³/mol. The second kappa shape index (κ2) is 4.35. The van der Waals surface area contributed by atoms with Gasteiger partial charge in [-0.25, -0.2) is 4.39 Å². The molecule has 0 radical (unpaired) electrons. The van der Waals surface area contributed by atoms with Crippen molar-refractivity contribution >= 4 is 11.0 Å². The molecule has 0 bridgehead atoms. The summed E-state index contributed by atoms with van der Waals surface area (Å²) >= 11 is 0. The quantitative estimate of drug-likeness (QED) is 0.801. The van der Waals surface area contributed by atoms with E-state index in [0.29, 0.717) is 23.3 Å². The number of ether oxygens (including phenoxy) is 1. The standard InChI is InChI=1S/C12H11FO3/c1-2-15-8-3-4-10-11(14)5-9(7-13)16-12(10)6-8/h3-6H,2,7H2,1H3. The van der Waals surface area contributed by atoms with Crippen molar-refractivity contribution in [1.82, 2.24) is 0 Å². The molecule has 0 N–H and O–H groups in total. The topological polar surface area (TPSA) is 39.4 Å². The van der Waals surface area contributed by atoms with Crippen LogP contribution in [0, 0.1) is 0 Å². The molecule has 84 valence electrons. The minimum atomic E-state index is -0.788. The van der Waals surface area contributed by atoms with Crippen LogP contribution in [0.2, 0.25) is 0 Å². The molecule has 0 aliphatic rings. The Labute approximate surface area is 91.5 Å². The van der Waals surface area contributed by atoms with E-state index in [1.54, 1.807) is 18.2 Å². The first-order chi connectivity index (χ1) is 7.74. The molecule has 1 heterocycles. The first-order valence-electron chi connectivity index (χ1n) is 5.00. The van der Waals surface area contributed by atoms with E-state index < -0.39 is 6.67 Å². The zero-order valence-corrected chi connectivity index (χ0v) is 8.83. The minimum Gasteiger partial charge on any atom is -0.494 e. The van der Waals surface area contributed by atoms with Crippen LogP contribution in [0.25, 0.3) is 11.0 Å². The molecule has 0 aliphatic heterocycles. The maximum Gasteiger partial charge on any atom is 0.193 e. The third-order valence-electron chi connectivity index (χ3n) is 2.19. The summed E-state index contributed by atoms with van der Waals surface area (Å²) in [4.78, 5) is 11.6. The van der Waals surface area contributed by atoms with Crippen molar-refractivity contribution in [1.29, 1.82) is 0 Å². The molecule has 1 aromatic carbocycles. The molecule has 3 nitrogen and oxygen atoms in total. The fourth-order valence-electron chi connectivity index (χ4n) is 1.51. The Hall–Kier alpha value is -1.84. The van der Waals surface area contributed by atoms with Gasteiger partial charge < -0.3 is 9.15 Å². The molecule has 4 heteroatoms. The third-order valence-corrected chi connectivity index (χ3v) is 2.19. The van der Waals surface area contributed by atoms with E-state index in [0.717, 1.165) is 0 Å². The van der Waals surface area contributed by atoms with Crippen LogP contribution in [-0.2, 0) is 6.67 Å². The second-order valence-corrected chi connectivity index (χ2v) is 3.30.